The minimum Gasteiger partial charge on any atom is -0.319 e. The van der Waals surface area contributed by atoms with Gasteiger partial charge in [0.25, 0.3) is 0 Å². The highest BCUT2D eigenvalue weighted by Crippen LogP contribution is 2.40. The van der Waals surface area contributed by atoms with Crippen molar-refractivity contribution in [3.63, 3.8) is 0 Å². The second-order valence-electron chi connectivity index (χ2n) is 5.64. The maximum Gasteiger partial charge on any atom is 0.113 e. The standard InChI is InChI=1S/C15H20N4S/c1-2-11-3-5-15(16,6-4-11)14-19-13(10-20-14)12-9-17-7-8-18-12/h7-11H,2-6,16H2,1H3. The van der Waals surface area contributed by atoms with Crippen LogP contribution in [0.2, 0.25) is 0 Å². The van der Waals surface area contributed by atoms with Gasteiger partial charge in [0.05, 0.1) is 11.7 Å². The van der Waals surface area contributed by atoms with Crippen molar-refractivity contribution in [1.29, 1.82) is 0 Å². The first-order valence-corrected chi connectivity index (χ1v) is 8.10. The summed E-state index contributed by atoms with van der Waals surface area (Å²) < 4.78 is 0. The SMILES string of the molecule is CCC1CCC(N)(c2nc(-c3cnccn3)cs2)CC1. The lowest BCUT2D eigenvalue weighted by atomic mass is 9.76. The van der Waals surface area contributed by atoms with Crippen molar-refractivity contribution in [2.24, 2.45) is 11.7 Å². The summed E-state index contributed by atoms with van der Waals surface area (Å²) in [6.45, 7) is 2.27. The largest absolute Gasteiger partial charge is 0.319 e. The predicted octanol–water partition coefficient (Wildman–Crippen LogP) is 3.35. The van der Waals surface area contributed by atoms with Crippen LogP contribution in [-0.4, -0.2) is 15.0 Å². The zero-order chi connectivity index (χ0) is 14.0. The Labute approximate surface area is 123 Å². The topological polar surface area (TPSA) is 64.7 Å². The van der Waals surface area contributed by atoms with Crippen LogP contribution in [0.1, 0.15) is 44.0 Å². The molecule has 0 amide bonds. The van der Waals surface area contributed by atoms with Crippen LogP contribution >= 0.6 is 11.3 Å². The van der Waals surface area contributed by atoms with Gasteiger partial charge in [-0.3, -0.25) is 9.97 Å². The molecule has 2 heterocycles. The van der Waals surface area contributed by atoms with E-state index in [0.717, 1.165) is 35.2 Å². The fraction of sp³-hybridized carbons (Fsp3) is 0.533. The fourth-order valence-corrected chi connectivity index (χ4v) is 3.85. The molecule has 0 bridgehead atoms. The van der Waals surface area contributed by atoms with Crippen molar-refractivity contribution in [2.75, 3.05) is 0 Å². The predicted molar refractivity (Wildman–Crippen MR) is 81.3 cm³/mol. The minimum absolute atomic E-state index is 0.239. The molecule has 2 aromatic heterocycles. The van der Waals surface area contributed by atoms with Gasteiger partial charge in [-0.1, -0.05) is 13.3 Å². The van der Waals surface area contributed by atoms with Gasteiger partial charge in [-0.15, -0.1) is 11.3 Å². The summed E-state index contributed by atoms with van der Waals surface area (Å²) in [5.74, 6) is 0.839. The second kappa shape index (κ2) is 5.58. The summed E-state index contributed by atoms with van der Waals surface area (Å²) in [5, 5.41) is 3.09. The van der Waals surface area contributed by atoms with Crippen molar-refractivity contribution in [3.05, 3.63) is 29.0 Å². The van der Waals surface area contributed by atoms with E-state index >= 15 is 0 Å². The van der Waals surface area contributed by atoms with Crippen molar-refractivity contribution < 1.29 is 0 Å². The Morgan fingerprint density at radius 2 is 2.10 bits per heavy atom. The van der Waals surface area contributed by atoms with Crippen molar-refractivity contribution in [2.45, 2.75) is 44.6 Å². The number of hydrogen-bond acceptors (Lipinski definition) is 5. The monoisotopic (exact) mass is 288 g/mol. The molecule has 5 heteroatoms. The first kappa shape index (κ1) is 13.6. The highest BCUT2D eigenvalue weighted by molar-refractivity contribution is 7.10. The molecule has 0 aromatic carbocycles. The Morgan fingerprint density at radius 1 is 1.30 bits per heavy atom. The molecule has 1 aliphatic carbocycles. The van der Waals surface area contributed by atoms with Crippen LogP contribution in [-0.2, 0) is 5.54 Å². The van der Waals surface area contributed by atoms with Gasteiger partial charge in [-0.2, -0.15) is 0 Å². The van der Waals surface area contributed by atoms with Crippen molar-refractivity contribution >= 4 is 11.3 Å². The number of rotatable bonds is 3. The molecule has 2 N–H and O–H groups in total. The molecule has 1 saturated carbocycles. The summed E-state index contributed by atoms with van der Waals surface area (Å²) in [5.41, 5.74) is 8.07. The highest BCUT2D eigenvalue weighted by atomic mass is 32.1. The van der Waals surface area contributed by atoms with Crippen LogP contribution in [0.4, 0.5) is 0 Å². The lowest BCUT2D eigenvalue weighted by molar-refractivity contribution is 0.231. The average molecular weight is 288 g/mol. The second-order valence-corrected chi connectivity index (χ2v) is 6.49. The lowest BCUT2D eigenvalue weighted by Crippen LogP contribution is -2.40. The number of nitrogens with zero attached hydrogens (tertiary/aromatic N) is 3. The maximum absolute atomic E-state index is 6.60. The van der Waals surface area contributed by atoms with Crippen LogP contribution in [0.5, 0.6) is 0 Å². The van der Waals surface area contributed by atoms with E-state index in [1.165, 1.54) is 19.3 Å². The number of thiazole rings is 1. The van der Waals surface area contributed by atoms with Crippen LogP contribution in [0, 0.1) is 5.92 Å². The Hall–Kier alpha value is -1.33. The summed E-state index contributed by atoms with van der Waals surface area (Å²) >= 11 is 1.65. The van der Waals surface area contributed by atoms with Gasteiger partial charge in [0.15, 0.2) is 0 Å². The maximum atomic E-state index is 6.60. The molecule has 1 aliphatic rings. The van der Waals surface area contributed by atoms with Crippen LogP contribution in [0.25, 0.3) is 11.4 Å². The van der Waals surface area contributed by atoms with Crippen molar-refractivity contribution in [1.82, 2.24) is 15.0 Å². The number of aromatic nitrogens is 3. The molecular formula is C15H20N4S. The minimum atomic E-state index is -0.239. The molecule has 0 atom stereocenters. The van der Waals surface area contributed by atoms with Crippen LogP contribution < -0.4 is 5.73 Å². The van der Waals surface area contributed by atoms with E-state index in [9.17, 15) is 0 Å². The third-order valence-electron chi connectivity index (χ3n) is 4.33. The lowest BCUT2D eigenvalue weighted by Gasteiger charge is -2.35. The van der Waals surface area contributed by atoms with Crippen molar-refractivity contribution in [3.8, 4) is 11.4 Å². The zero-order valence-electron chi connectivity index (χ0n) is 11.7. The molecular weight excluding hydrogens is 268 g/mol. The fourth-order valence-electron chi connectivity index (χ4n) is 2.87. The smallest absolute Gasteiger partial charge is 0.113 e. The van der Waals surface area contributed by atoms with Gasteiger partial charge in [0, 0.05) is 17.8 Å². The van der Waals surface area contributed by atoms with E-state index in [1.54, 1.807) is 29.9 Å². The van der Waals surface area contributed by atoms with E-state index in [0.29, 0.717) is 0 Å². The highest BCUT2D eigenvalue weighted by Gasteiger charge is 2.35. The normalized spacial score (nSPS) is 26.6. The van der Waals surface area contributed by atoms with Crippen LogP contribution in [0.3, 0.4) is 0 Å². The van der Waals surface area contributed by atoms with Gasteiger partial charge >= 0.3 is 0 Å². The molecule has 0 spiro atoms. The van der Waals surface area contributed by atoms with Crippen LogP contribution in [0.15, 0.2) is 24.0 Å². The number of nitrogens with two attached hydrogens (primary N) is 1. The molecule has 106 valence electrons. The number of hydrogen-bond donors (Lipinski definition) is 1. The van der Waals surface area contributed by atoms with E-state index in [1.807, 2.05) is 5.38 Å². The quantitative estimate of drug-likeness (QED) is 0.940. The molecule has 0 radical (unpaired) electrons. The zero-order valence-corrected chi connectivity index (χ0v) is 12.6. The molecule has 1 fully saturated rings. The van der Waals surface area contributed by atoms with Gasteiger partial charge < -0.3 is 5.73 Å². The Balaban J connectivity index is 1.80. The summed E-state index contributed by atoms with van der Waals surface area (Å²) in [4.78, 5) is 13.1. The van der Waals surface area contributed by atoms with E-state index in [-0.39, 0.29) is 5.54 Å². The summed E-state index contributed by atoms with van der Waals surface area (Å²) in [6.07, 6.45) is 10.9. The molecule has 2 aromatic rings. The third kappa shape index (κ3) is 2.60. The van der Waals surface area contributed by atoms with Gasteiger partial charge in [-0.05, 0) is 31.6 Å². The molecule has 3 rings (SSSR count). The summed E-state index contributed by atoms with van der Waals surface area (Å²) in [6, 6.07) is 0. The average Bonchev–Trinajstić information content (AvgIpc) is 3.00. The molecule has 4 nitrogen and oxygen atoms in total. The van der Waals surface area contributed by atoms with Gasteiger partial charge in [0.1, 0.15) is 16.4 Å². The Bertz CT molecular complexity index is 558. The molecule has 0 unspecified atom stereocenters. The first-order chi connectivity index (χ1) is 9.71. The molecule has 20 heavy (non-hydrogen) atoms. The Kier molecular flexibility index (Phi) is 3.81. The van der Waals surface area contributed by atoms with E-state index in [4.69, 9.17) is 10.7 Å². The molecule has 0 aliphatic heterocycles. The summed E-state index contributed by atoms with van der Waals surface area (Å²) in [7, 11) is 0. The first-order valence-electron chi connectivity index (χ1n) is 7.22. The van der Waals surface area contributed by atoms with Gasteiger partial charge in [-0.25, -0.2) is 4.98 Å². The van der Waals surface area contributed by atoms with E-state index in [2.05, 4.69) is 16.9 Å². The van der Waals surface area contributed by atoms with Gasteiger partial charge in [0.2, 0.25) is 0 Å². The Morgan fingerprint density at radius 3 is 2.75 bits per heavy atom. The third-order valence-corrected chi connectivity index (χ3v) is 5.39. The van der Waals surface area contributed by atoms with E-state index < -0.39 is 0 Å². The molecule has 0 saturated heterocycles.